The van der Waals surface area contributed by atoms with E-state index in [0.29, 0.717) is 5.69 Å². The molecule has 6 heteroatoms. The van der Waals surface area contributed by atoms with Gasteiger partial charge in [0.25, 0.3) is 0 Å². The highest BCUT2D eigenvalue weighted by Crippen LogP contribution is 2.51. The van der Waals surface area contributed by atoms with Crippen LogP contribution in [0.3, 0.4) is 0 Å². The molecule has 0 saturated carbocycles. The number of carbonyl (C=O) groups is 3. The van der Waals surface area contributed by atoms with E-state index in [2.05, 4.69) is 5.32 Å². The molecule has 2 N–H and O–H groups in total. The van der Waals surface area contributed by atoms with E-state index in [4.69, 9.17) is 0 Å². The molecule has 4 unspecified atom stereocenters. The van der Waals surface area contributed by atoms with Gasteiger partial charge in [-0.3, -0.25) is 19.7 Å². The van der Waals surface area contributed by atoms with Crippen molar-refractivity contribution in [1.82, 2.24) is 5.32 Å². The van der Waals surface area contributed by atoms with E-state index in [1.807, 2.05) is 116 Å². The second-order valence-corrected chi connectivity index (χ2v) is 10.8. The Morgan fingerprint density at radius 3 is 2.02 bits per heavy atom. The standard InChI is InChI=1S/C35H30N2O4/c1-23-10-8-9-15-28(23)37-32(38)29-30(33(37)39)35(34(40)41,22-26-13-6-3-7-14-26)36-31(29)27-20-18-25(19-21-27)17-16-24-11-4-2-5-12-24/h2-21,29-31,36H,22H2,1H3,(H,40,41)/b17-16+. The maximum Gasteiger partial charge on any atom is 0.325 e. The van der Waals surface area contributed by atoms with Crippen LogP contribution in [0.5, 0.6) is 0 Å². The van der Waals surface area contributed by atoms with Gasteiger partial charge < -0.3 is 5.11 Å². The molecule has 0 aromatic heterocycles. The van der Waals surface area contributed by atoms with Gasteiger partial charge in [-0.15, -0.1) is 0 Å². The smallest absolute Gasteiger partial charge is 0.325 e. The van der Waals surface area contributed by atoms with Crippen LogP contribution < -0.4 is 10.2 Å². The van der Waals surface area contributed by atoms with Crippen LogP contribution in [-0.4, -0.2) is 28.4 Å². The lowest BCUT2D eigenvalue weighted by Gasteiger charge is -2.31. The summed E-state index contributed by atoms with van der Waals surface area (Å²) < 4.78 is 0. The average Bonchev–Trinajstić information content (AvgIpc) is 3.47. The molecule has 2 heterocycles. The summed E-state index contributed by atoms with van der Waals surface area (Å²) in [4.78, 5) is 42.5. The number of imide groups is 1. The van der Waals surface area contributed by atoms with E-state index in [1.54, 1.807) is 12.1 Å². The number of nitrogens with one attached hydrogen (secondary N) is 1. The second kappa shape index (κ2) is 10.6. The first-order valence-corrected chi connectivity index (χ1v) is 13.7. The van der Waals surface area contributed by atoms with E-state index < -0.39 is 35.3 Å². The quantitative estimate of drug-likeness (QED) is 0.232. The summed E-state index contributed by atoms with van der Waals surface area (Å²) in [6, 6.07) is 33.5. The van der Waals surface area contributed by atoms with Gasteiger partial charge >= 0.3 is 5.97 Å². The third-order valence-electron chi connectivity index (χ3n) is 8.28. The van der Waals surface area contributed by atoms with Gasteiger partial charge in [-0.25, -0.2) is 4.90 Å². The number of nitrogens with zero attached hydrogens (tertiary/aromatic N) is 1. The number of hydrogen-bond donors (Lipinski definition) is 2. The van der Waals surface area contributed by atoms with Crippen molar-refractivity contribution in [2.24, 2.45) is 11.8 Å². The van der Waals surface area contributed by atoms with Crippen LogP contribution >= 0.6 is 0 Å². The van der Waals surface area contributed by atoms with E-state index in [-0.39, 0.29) is 12.3 Å². The summed E-state index contributed by atoms with van der Waals surface area (Å²) in [5.41, 5.74) is 3.20. The number of benzene rings is 4. The number of rotatable bonds is 7. The first-order valence-electron chi connectivity index (χ1n) is 13.7. The Morgan fingerprint density at radius 1 is 0.805 bits per heavy atom. The average molecular weight is 543 g/mol. The fourth-order valence-corrected chi connectivity index (χ4v) is 6.27. The van der Waals surface area contributed by atoms with Gasteiger partial charge in [0.15, 0.2) is 0 Å². The molecule has 6 rings (SSSR count). The first kappa shape index (κ1) is 26.4. The number of aryl methyl sites for hydroxylation is 1. The third kappa shape index (κ3) is 4.66. The molecule has 4 aromatic carbocycles. The molecule has 6 nitrogen and oxygen atoms in total. The Hall–Kier alpha value is -4.81. The third-order valence-corrected chi connectivity index (χ3v) is 8.28. The normalized spacial score (nSPS) is 23.7. The zero-order valence-corrected chi connectivity index (χ0v) is 22.6. The SMILES string of the molecule is Cc1ccccc1N1C(=O)C2C(c3ccc(/C=C/c4ccccc4)cc3)NC(Cc3ccccc3)(C(=O)O)C2C1=O. The molecule has 0 spiro atoms. The summed E-state index contributed by atoms with van der Waals surface area (Å²) in [7, 11) is 0. The molecule has 2 fully saturated rings. The van der Waals surface area contributed by atoms with Crippen molar-refractivity contribution in [3.05, 3.63) is 137 Å². The Labute approximate surface area is 239 Å². The largest absolute Gasteiger partial charge is 0.480 e. The van der Waals surface area contributed by atoms with Crippen molar-refractivity contribution in [1.29, 1.82) is 0 Å². The van der Waals surface area contributed by atoms with E-state index in [1.165, 1.54) is 4.90 Å². The molecule has 0 aliphatic carbocycles. The van der Waals surface area contributed by atoms with E-state index >= 15 is 0 Å². The summed E-state index contributed by atoms with van der Waals surface area (Å²) in [6.07, 6.45) is 4.10. The number of fused-ring (bicyclic) bond motifs is 1. The summed E-state index contributed by atoms with van der Waals surface area (Å²) in [6.45, 7) is 1.84. The minimum Gasteiger partial charge on any atom is -0.480 e. The fraction of sp³-hybridized carbons (Fsp3) is 0.171. The number of aliphatic carboxylic acids is 1. The number of para-hydroxylation sites is 1. The Balaban J connectivity index is 1.41. The zero-order valence-electron chi connectivity index (χ0n) is 22.6. The predicted molar refractivity (Wildman–Crippen MR) is 159 cm³/mol. The molecule has 0 radical (unpaired) electrons. The van der Waals surface area contributed by atoms with Gasteiger partial charge in [0.05, 0.1) is 17.5 Å². The maximum absolute atomic E-state index is 14.1. The summed E-state index contributed by atoms with van der Waals surface area (Å²) in [5, 5.41) is 14.0. The number of carboxylic acid groups (broad SMARTS) is 1. The molecule has 4 atom stereocenters. The van der Waals surface area contributed by atoms with Crippen LogP contribution in [0.4, 0.5) is 5.69 Å². The highest BCUT2D eigenvalue weighted by molar-refractivity contribution is 6.24. The molecule has 2 saturated heterocycles. The van der Waals surface area contributed by atoms with Crippen LogP contribution in [0, 0.1) is 18.8 Å². The van der Waals surface area contributed by atoms with Gasteiger partial charge in [0.2, 0.25) is 11.8 Å². The zero-order chi connectivity index (χ0) is 28.6. The predicted octanol–water partition coefficient (Wildman–Crippen LogP) is 5.68. The highest BCUT2D eigenvalue weighted by Gasteiger charge is 2.68. The Kier molecular flexibility index (Phi) is 6.85. The highest BCUT2D eigenvalue weighted by atomic mass is 16.4. The van der Waals surface area contributed by atoms with Crippen LogP contribution in [0.2, 0.25) is 0 Å². The number of amides is 2. The van der Waals surface area contributed by atoms with E-state index in [0.717, 1.165) is 27.8 Å². The first-order chi connectivity index (χ1) is 19.9. The lowest BCUT2D eigenvalue weighted by Crippen LogP contribution is -2.57. The topological polar surface area (TPSA) is 86.7 Å². The van der Waals surface area contributed by atoms with Crippen molar-refractivity contribution in [3.8, 4) is 0 Å². The second-order valence-electron chi connectivity index (χ2n) is 10.8. The fourth-order valence-electron chi connectivity index (χ4n) is 6.27. The van der Waals surface area contributed by atoms with Crippen molar-refractivity contribution < 1.29 is 19.5 Å². The lowest BCUT2D eigenvalue weighted by molar-refractivity contribution is -0.148. The summed E-state index contributed by atoms with van der Waals surface area (Å²) >= 11 is 0. The Bertz CT molecular complexity index is 1630. The van der Waals surface area contributed by atoms with Crippen LogP contribution in [0.25, 0.3) is 12.2 Å². The number of anilines is 1. The van der Waals surface area contributed by atoms with Gasteiger partial charge in [0.1, 0.15) is 5.54 Å². The monoisotopic (exact) mass is 542 g/mol. The van der Waals surface area contributed by atoms with Crippen LogP contribution in [-0.2, 0) is 20.8 Å². The summed E-state index contributed by atoms with van der Waals surface area (Å²) in [5.74, 6) is -3.95. The van der Waals surface area contributed by atoms with Gasteiger partial charge in [0, 0.05) is 12.5 Å². The van der Waals surface area contributed by atoms with Gasteiger partial charge in [-0.1, -0.05) is 115 Å². The van der Waals surface area contributed by atoms with Crippen molar-refractivity contribution in [2.45, 2.75) is 24.9 Å². The van der Waals surface area contributed by atoms with Crippen LogP contribution in [0.15, 0.2) is 109 Å². The van der Waals surface area contributed by atoms with Crippen molar-refractivity contribution in [3.63, 3.8) is 0 Å². The van der Waals surface area contributed by atoms with Crippen LogP contribution in [0.1, 0.15) is 33.9 Å². The van der Waals surface area contributed by atoms with Gasteiger partial charge in [-0.05, 0) is 40.8 Å². The molecular formula is C35H30N2O4. The number of hydrogen-bond acceptors (Lipinski definition) is 4. The molecule has 0 bridgehead atoms. The van der Waals surface area contributed by atoms with Gasteiger partial charge in [-0.2, -0.15) is 0 Å². The minimum absolute atomic E-state index is 0.0688. The number of carbonyl (C=O) groups excluding carboxylic acids is 2. The Morgan fingerprint density at radius 2 is 1.39 bits per heavy atom. The van der Waals surface area contributed by atoms with Crippen molar-refractivity contribution >= 4 is 35.6 Å². The molecule has 2 aliphatic rings. The van der Waals surface area contributed by atoms with Crippen molar-refractivity contribution in [2.75, 3.05) is 4.90 Å². The minimum atomic E-state index is -1.66. The maximum atomic E-state index is 14.1. The molecule has 2 amide bonds. The molecule has 204 valence electrons. The lowest BCUT2D eigenvalue weighted by atomic mass is 9.76. The molecule has 41 heavy (non-hydrogen) atoms. The molecule has 2 aliphatic heterocycles. The molecule has 4 aromatic rings. The van der Waals surface area contributed by atoms with E-state index in [9.17, 15) is 19.5 Å². The number of carboxylic acids is 1. The molecular weight excluding hydrogens is 512 g/mol.